The summed E-state index contributed by atoms with van der Waals surface area (Å²) in [7, 11) is 3.01. The Morgan fingerprint density at radius 3 is 2.32 bits per heavy atom. The minimum atomic E-state index is -0.639. The molecule has 2 fully saturated rings. The second-order valence-electron chi connectivity index (χ2n) is 9.51. The molecule has 9 nitrogen and oxygen atoms in total. The number of hydrogen-bond acceptors (Lipinski definition) is 7. The molecule has 0 atom stereocenters. The summed E-state index contributed by atoms with van der Waals surface area (Å²) < 4.78 is 12.5. The lowest BCUT2D eigenvalue weighted by atomic mass is 9.90. The zero-order chi connectivity index (χ0) is 26.1. The first kappa shape index (κ1) is 25.1. The van der Waals surface area contributed by atoms with Crippen molar-refractivity contribution >= 4 is 17.5 Å². The largest absolute Gasteiger partial charge is 0.494 e. The molecule has 2 aromatic heterocycles. The summed E-state index contributed by atoms with van der Waals surface area (Å²) >= 11 is 5.91. The van der Waals surface area contributed by atoms with Gasteiger partial charge in [0.25, 0.3) is 11.5 Å². The number of nitrogens with zero attached hydrogens (tertiary/aromatic N) is 4. The molecule has 1 saturated carbocycles. The number of ether oxygens (including phenoxy) is 2. The maximum atomic E-state index is 13.9. The van der Waals surface area contributed by atoms with Crippen molar-refractivity contribution < 1.29 is 19.4 Å². The van der Waals surface area contributed by atoms with Crippen LogP contribution in [0.3, 0.4) is 0 Å². The fourth-order valence-electron chi connectivity index (χ4n) is 4.94. The monoisotopic (exact) mass is 524 g/mol. The second kappa shape index (κ2) is 10.4. The summed E-state index contributed by atoms with van der Waals surface area (Å²) in [5, 5.41) is 11.3. The lowest BCUT2D eigenvalue weighted by Gasteiger charge is -2.32. The van der Waals surface area contributed by atoms with Crippen molar-refractivity contribution in [3.8, 4) is 23.1 Å². The fourth-order valence-corrected chi connectivity index (χ4v) is 5.05. The molecule has 1 saturated heterocycles. The second-order valence-corrected chi connectivity index (χ2v) is 9.89. The number of halogens is 1. The molecule has 0 unspecified atom stereocenters. The summed E-state index contributed by atoms with van der Waals surface area (Å²) in [6, 6.07) is 8.90. The van der Waals surface area contributed by atoms with Crippen molar-refractivity contribution in [2.24, 2.45) is 5.92 Å². The zero-order valence-corrected chi connectivity index (χ0v) is 21.6. The number of carbonyl (C=O) groups is 1. The van der Waals surface area contributed by atoms with Crippen LogP contribution < -0.4 is 15.0 Å². The molecule has 0 radical (unpaired) electrons. The molecule has 0 spiro atoms. The van der Waals surface area contributed by atoms with E-state index < -0.39 is 17.3 Å². The molecular weight excluding hydrogens is 496 g/mol. The quantitative estimate of drug-likeness (QED) is 0.466. The van der Waals surface area contributed by atoms with Crippen molar-refractivity contribution in [3.63, 3.8) is 0 Å². The van der Waals surface area contributed by atoms with E-state index in [1.54, 1.807) is 35.4 Å². The Hall–Kier alpha value is -3.59. The maximum absolute atomic E-state index is 13.9. The molecule has 1 aliphatic carbocycles. The van der Waals surface area contributed by atoms with Gasteiger partial charge in [-0.3, -0.25) is 14.2 Å². The topological polar surface area (TPSA) is 107 Å². The molecule has 0 bridgehead atoms. The van der Waals surface area contributed by atoms with Crippen molar-refractivity contribution in [2.45, 2.75) is 38.0 Å². The summed E-state index contributed by atoms with van der Waals surface area (Å²) in [4.78, 5) is 37.6. The van der Waals surface area contributed by atoms with Crippen molar-refractivity contribution in [1.82, 2.24) is 19.4 Å². The highest BCUT2D eigenvalue weighted by molar-refractivity contribution is 6.29. The van der Waals surface area contributed by atoms with E-state index in [4.69, 9.17) is 21.1 Å². The van der Waals surface area contributed by atoms with Crippen LogP contribution in [0.15, 0.2) is 41.3 Å². The van der Waals surface area contributed by atoms with E-state index in [9.17, 15) is 14.7 Å². The summed E-state index contributed by atoms with van der Waals surface area (Å²) in [5.74, 6) is 0.710. The minimum Gasteiger partial charge on any atom is -0.494 e. The number of aromatic hydroxyl groups is 1. The van der Waals surface area contributed by atoms with Crippen LogP contribution >= 0.6 is 11.6 Å². The zero-order valence-electron chi connectivity index (χ0n) is 20.8. The lowest BCUT2D eigenvalue weighted by Crippen LogP contribution is -2.41. The number of rotatable bonds is 7. The third-order valence-electron chi connectivity index (χ3n) is 7.14. The summed E-state index contributed by atoms with van der Waals surface area (Å²) in [6.07, 6.45) is 5.73. The van der Waals surface area contributed by atoms with E-state index in [1.165, 1.54) is 18.8 Å². The number of likely N-dealkylation sites (tertiary alicyclic amines) is 1. The molecule has 2 aliphatic rings. The van der Waals surface area contributed by atoms with Crippen LogP contribution in [0.25, 0.3) is 5.69 Å². The van der Waals surface area contributed by atoms with Gasteiger partial charge in [-0.25, -0.2) is 4.98 Å². The van der Waals surface area contributed by atoms with Crippen LogP contribution in [0.5, 0.6) is 17.4 Å². The predicted octanol–water partition coefficient (Wildman–Crippen LogP) is 3.98. The normalized spacial score (nSPS) is 16.0. The number of para-hydroxylation sites is 1. The number of carbonyl (C=O) groups excluding carboxylic acids is 1. The van der Waals surface area contributed by atoms with Crippen LogP contribution in [0.4, 0.5) is 0 Å². The number of amides is 1. The van der Waals surface area contributed by atoms with E-state index >= 15 is 0 Å². The van der Waals surface area contributed by atoms with Crippen molar-refractivity contribution in [3.05, 3.63) is 69.0 Å². The first-order valence-corrected chi connectivity index (χ1v) is 12.8. The molecule has 37 heavy (non-hydrogen) atoms. The summed E-state index contributed by atoms with van der Waals surface area (Å²) in [5.41, 5.74) is 0.443. The van der Waals surface area contributed by atoms with Gasteiger partial charge >= 0.3 is 0 Å². The Balaban J connectivity index is 1.51. The Morgan fingerprint density at radius 1 is 1.08 bits per heavy atom. The summed E-state index contributed by atoms with van der Waals surface area (Å²) in [6.45, 7) is 0.875. The van der Waals surface area contributed by atoms with Crippen LogP contribution in [-0.2, 0) is 6.42 Å². The predicted molar refractivity (Wildman–Crippen MR) is 138 cm³/mol. The van der Waals surface area contributed by atoms with E-state index in [2.05, 4.69) is 9.97 Å². The molecule has 1 aromatic carbocycles. The van der Waals surface area contributed by atoms with Gasteiger partial charge in [0.2, 0.25) is 5.88 Å². The van der Waals surface area contributed by atoms with Crippen LogP contribution in [0, 0.1) is 5.92 Å². The molecule has 1 N–H and O–H groups in total. The van der Waals surface area contributed by atoms with E-state index in [0.29, 0.717) is 66.4 Å². The first-order chi connectivity index (χ1) is 17.9. The lowest BCUT2D eigenvalue weighted by molar-refractivity contribution is 0.0706. The number of benzene rings is 1. The van der Waals surface area contributed by atoms with Gasteiger partial charge in [0, 0.05) is 25.7 Å². The van der Waals surface area contributed by atoms with Crippen LogP contribution in [0.2, 0.25) is 5.15 Å². The average molecular weight is 525 g/mol. The molecule has 5 rings (SSSR count). The Kier molecular flexibility index (Phi) is 7.06. The Bertz CT molecular complexity index is 1340. The number of pyridine rings is 1. The molecule has 10 heteroatoms. The van der Waals surface area contributed by atoms with Gasteiger partial charge in [0.05, 0.1) is 14.2 Å². The molecule has 1 aliphatic heterocycles. The molecule has 3 aromatic rings. The van der Waals surface area contributed by atoms with Crippen LogP contribution in [0.1, 0.15) is 53.3 Å². The molecule has 3 heterocycles. The third-order valence-corrected chi connectivity index (χ3v) is 7.37. The van der Waals surface area contributed by atoms with Gasteiger partial charge in [-0.1, -0.05) is 23.7 Å². The van der Waals surface area contributed by atoms with E-state index in [-0.39, 0.29) is 11.5 Å². The van der Waals surface area contributed by atoms with Gasteiger partial charge in [-0.15, -0.1) is 0 Å². The molecule has 194 valence electrons. The smallest absolute Gasteiger partial charge is 0.275 e. The van der Waals surface area contributed by atoms with E-state index in [0.717, 1.165) is 18.4 Å². The van der Waals surface area contributed by atoms with Crippen LogP contribution in [-0.4, -0.2) is 57.8 Å². The molecule has 1 amide bonds. The Morgan fingerprint density at radius 2 is 1.76 bits per heavy atom. The number of piperidine rings is 1. The van der Waals surface area contributed by atoms with Crippen molar-refractivity contribution in [1.29, 1.82) is 0 Å². The van der Waals surface area contributed by atoms with Gasteiger partial charge < -0.3 is 19.5 Å². The third kappa shape index (κ3) is 5.00. The van der Waals surface area contributed by atoms with Gasteiger partial charge in [-0.2, -0.15) is 4.98 Å². The number of hydrogen-bond donors (Lipinski definition) is 1. The first-order valence-electron chi connectivity index (χ1n) is 12.4. The number of aromatic nitrogens is 3. The van der Waals surface area contributed by atoms with E-state index in [1.807, 2.05) is 6.07 Å². The maximum Gasteiger partial charge on any atom is 0.275 e. The fraction of sp³-hybridized carbons (Fsp3) is 0.407. The average Bonchev–Trinajstić information content (AvgIpc) is 3.73. The highest BCUT2D eigenvalue weighted by Gasteiger charge is 2.33. The SMILES string of the molecule is COc1cccc(OC)c1-n1c(CC2CC2)nc(O)c(C(=O)N2CCC(c3ccc(Cl)nc3)CC2)c1=O. The Labute approximate surface area is 219 Å². The van der Waals surface area contributed by atoms with Crippen molar-refractivity contribution in [2.75, 3.05) is 27.3 Å². The highest BCUT2D eigenvalue weighted by atomic mass is 35.5. The number of methoxy groups -OCH3 is 2. The molecular formula is C27H29ClN4O5. The standard InChI is InChI=1S/C27H29ClN4O5/c1-36-19-4-3-5-20(37-2)24(19)32-22(14-16-6-7-16)30-25(33)23(27(32)35)26(34)31-12-10-17(11-13-31)18-8-9-21(28)29-15-18/h3-5,8-9,15-17,33H,6-7,10-14H2,1-2H3. The minimum absolute atomic E-state index is 0.232. The van der Waals surface area contributed by atoms with Gasteiger partial charge in [0.15, 0.2) is 5.56 Å². The highest BCUT2D eigenvalue weighted by Crippen LogP contribution is 2.37. The van der Waals surface area contributed by atoms with Gasteiger partial charge in [0.1, 0.15) is 28.2 Å². The van der Waals surface area contributed by atoms with Gasteiger partial charge in [-0.05, 0) is 61.3 Å².